The van der Waals surface area contributed by atoms with Gasteiger partial charge in [0, 0.05) is 13.1 Å². The second-order valence-electron chi connectivity index (χ2n) is 7.20. The zero-order valence-electron chi connectivity index (χ0n) is 16.4. The van der Waals surface area contributed by atoms with Crippen molar-refractivity contribution in [3.05, 3.63) is 41.3 Å². The summed E-state index contributed by atoms with van der Waals surface area (Å²) in [5.41, 5.74) is 1.45. The molecule has 0 N–H and O–H groups in total. The smallest absolute Gasteiger partial charge is 0.494 e. The molecule has 3 aliphatic heterocycles. The molecule has 7 nitrogen and oxygen atoms in total. The second kappa shape index (κ2) is 8.41. The van der Waals surface area contributed by atoms with Gasteiger partial charge in [0.25, 0.3) is 5.91 Å². The highest BCUT2D eigenvalue weighted by Gasteiger charge is 2.49. The third-order valence-electron chi connectivity index (χ3n) is 5.31. The van der Waals surface area contributed by atoms with Gasteiger partial charge in [0.2, 0.25) is 0 Å². The Morgan fingerprint density at radius 3 is 2.62 bits per heavy atom. The molecule has 0 radical (unpaired) electrons. The van der Waals surface area contributed by atoms with Crippen LogP contribution in [0.4, 0.5) is 4.79 Å². The highest BCUT2D eigenvalue weighted by Crippen LogP contribution is 2.29. The van der Waals surface area contributed by atoms with Crippen LogP contribution in [-0.2, 0) is 16.1 Å². The van der Waals surface area contributed by atoms with Gasteiger partial charge in [-0.15, -0.1) is 11.8 Å². The maximum absolute atomic E-state index is 13.2. The standard InChI is InChI=1S/C21H24N3O4S/c1-2-28-16-7-5-15(6-8-16)13-24-20(26)19-17(9-12-29-19)23(21(24)27)14-18(25)22-10-3-4-11-22/h5-9,12,19H,2-4,10-11,13-14H2,1H3/q+1. The van der Waals surface area contributed by atoms with Crippen LogP contribution in [0.25, 0.3) is 0 Å². The predicted octanol–water partition coefficient (Wildman–Crippen LogP) is 2.25. The van der Waals surface area contributed by atoms with E-state index in [4.69, 9.17) is 4.74 Å². The molecule has 3 aliphatic rings. The van der Waals surface area contributed by atoms with E-state index >= 15 is 0 Å². The fourth-order valence-electron chi connectivity index (χ4n) is 3.80. The third-order valence-corrected chi connectivity index (χ3v) is 6.32. The minimum atomic E-state index is -0.471. The van der Waals surface area contributed by atoms with Gasteiger partial charge in [-0.05, 0) is 48.9 Å². The molecule has 0 bridgehead atoms. The fraction of sp³-hybridized carbons (Fsp3) is 0.429. The average molecular weight is 415 g/mol. The Balaban J connectivity index is 1.55. The summed E-state index contributed by atoms with van der Waals surface area (Å²) in [6.07, 6.45) is 3.77. The number of imide groups is 1. The van der Waals surface area contributed by atoms with E-state index in [1.807, 2.05) is 36.6 Å². The molecule has 3 heterocycles. The summed E-state index contributed by atoms with van der Waals surface area (Å²) in [6, 6.07) is 6.93. The van der Waals surface area contributed by atoms with Gasteiger partial charge in [-0.3, -0.25) is 4.79 Å². The Hall–Kier alpha value is -2.61. The SMILES string of the molecule is CCOc1ccc(CN2C(=O)C3SC=CC3=[N+](CC(=O)N3CCCC3)C2=O)cc1. The number of benzene rings is 1. The van der Waals surface area contributed by atoms with Crippen molar-refractivity contribution in [3.63, 3.8) is 0 Å². The number of likely N-dealkylation sites (tertiary alicyclic amines) is 1. The van der Waals surface area contributed by atoms with E-state index in [-0.39, 0.29) is 24.9 Å². The van der Waals surface area contributed by atoms with Crippen LogP contribution in [0.15, 0.2) is 35.7 Å². The summed E-state index contributed by atoms with van der Waals surface area (Å²) < 4.78 is 6.92. The molecule has 0 saturated carbocycles. The van der Waals surface area contributed by atoms with Gasteiger partial charge in [-0.2, -0.15) is 14.3 Å². The number of rotatable bonds is 6. The molecule has 4 rings (SSSR count). The molecule has 1 fully saturated rings. The lowest BCUT2D eigenvalue weighted by atomic mass is 10.1. The molecule has 1 atom stereocenters. The minimum Gasteiger partial charge on any atom is -0.494 e. The van der Waals surface area contributed by atoms with E-state index in [0.29, 0.717) is 12.3 Å². The second-order valence-corrected chi connectivity index (χ2v) is 8.22. The van der Waals surface area contributed by atoms with E-state index in [0.717, 1.165) is 37.2 Å². The first kappa shape index (κ1) is 19.7. The topological polar surface area (TPSA) is 69.9 Å². The first-order valence-corrected chi connectivity index (χ1v) is 10.8. The van der Waals surface area contributed by atoms with Crippen molar-refractivity contribution in [1.82, 2.24) is 9.80 Å². The number of fused-ring (bicyclic) bond motifs is 1. The largest absolute Gasteiger partial charge is 0.501 e. The molecule has 0 aromatic heterocycles. The van der Waals surface area contributed by atoms with Crippen LogP contribution in [-0.4, -0.2) is 69.4 Å². The van der Waals surface area contributed by atoms with Crippen molar-refractivity contribution in [2.45, 2.75) is 31.6 Å². The van der Waals surface area contributed by atoms with Crippen molar-refractivity contribution in [1.29, 1.82) is 0 Å². The first-order chi connectivity index (χ1) is 14.1. The Kier molecular flexibility index (Phi) is 5.71. The number of nitrogens with zero attached hydrogens (tertiary/aromatic N) is 3. The summed E-state index contributed by atoms with van der Waals surface area (Å²) >= 11 is 1.38. The van der Waals surface area contributed by atoms with E-state index in [1.165, 1.54) is 21.2 Å². The van der Waals surface area contributed by atoms with Crippen molar-refractivity contribution in [2.75, 3.05) is 26.2 Å². The highest BCUT2D eigenvalue weighted by molar-refractivity contribution is 8.04. The number of ether oxygens (including phenoxy) is 1. The van der Waals surface area contributed by atoms with Gasteiger partial charge in [0.05, 0.1) is 6.61 Å². The molecule has 4 amide bonds. The van der Waals surface area contributed by atoms with Crippen LogP contribution >= 0.6 is 11.8 Å². The number of carbonyl (C=O) groups excluding carboxylic acids is 3. The van der Waals surface area contributed by atoms with Gasteiger partial charge in [-0.25, -0.2) is 4.79 Å². The Morgan fingerprint density at radius 1 is 1.21 bits per heavy atom. The molecule has 8 heteroatoms. The number of allylic oxidation sites excluding steroid dienone is 1. The Labute approximate surface area is 174 Å². The lowest BCUT2D eigenvalue weighted by Crippen LogP contribution is -2.56. The quantitative estimate of drug-likeness (QED) is 0.668. The molecule has 29 heavy (non-hydrogen) atoms. The lowest BCUT2D eigenvalue weighted by molar-refractivity contribution is -0.428. The maximum Gasteiger partial charge on any atom is 0.501 e. The van der Waals surface area contributed by atoms with E-state index in [2.05, 4.69) is 0 Å². The highest BCUT2D eigenvalue weighted by atomic mass is 32.2. The van der Waals surface area contributed by atoms with Crippen molar-refractivity contribution >= 4 is 35.3 Å². The van der Waals surface area contributed by atoms with Gasteiger partial charge in [0.1, 0.15) is 18.0 Å². The molecule has 1 aromatic carbocycles. The zero-order valence-corrected chi connectivity index (χ0v) is 17.2. The summed E-state index contributed by atoms with van der Waals surface area (Å²) in [7, 11) is 0. The minimum absolute atomic E-state index is 0.0252. The summed E-state index contributed by atoms with van der Waals surface area (Å²) in [4.78, 5) is 41.8. The van der Waals surface area contributed by atoms with Crippen LogP contribution in [0.5, 0.6) is 5.75 Å². The van der Waals surface area contributed by atoms with Crippen molar-refractivity contribution < 1.29 is 23.7 Å². The Bertz CT molecular complexity index is 888. The third kappa shape index (κ3) is 3.94. The van der Waals surface area contributed by atoms with Gasteiger partial charge >= 0.3 is 11.9 Å². The van der Waals surface area contributed by atoms with Gasteiger partial charge in [0.15, 0.2) is 11.8 Å². The van der Waals surface area contributed by atoms with Gasteiger partial charge in [-0.1, -0.05) is 12.1 Å². The van der Waals surface area contributed by atoms with Crippen LogP contribution in [0.3, 0.4) is 0 Å². The van der Waals surface area contributed by atoms with Crippen molar-refractivity contribution in [3.8, 4) is 5.75 Å². The van der Waals surface area contributed by atoms with Crippen LogP contribution in [0.1, 0.15) is 25.3 Å². The summed E-state index contributed by atoms with van der Waals surface area (Å²) in [5, 5.41) is 1.35. The molecular formula is C21H24N3O4S+. The average Bonchev–Trinajstić information content (AvgIpc) is 3.42. The number of urea groups is 1. The van der Waals surface area contributed by atoms with Gasteiger partial charge < -0.3 is 9.64 Å². The zero-order chi connectivity index (χ0) is 20.4. The summed E-state index contributed by atoms with van der Waals surface area (Å²) in [6.45, 7) is 4.11. The van der Waals surface area contributed by atoms with E-state index in [1.54, 1.807) is 11.0 Å². The van der Waals surface area contributed by atoms with Crippen LogP contribution in [0, 0.1) is 0 Å². The molecular weight excluding hydrogens is 390 g/mol. The molecule has 1 unspecified atom stereocenters. The number of carbonyl (C=O) groups is 3. The molecule has 152 valence electrons. The monoisotopic (exact) mass is 414 g/mol. The molecule has 1 aromatic rings. The first-order valence-electron chi connectivity index (χ1n) is 9.89. The maximum atomic E-state index is 13.2. The van der Waals surface area contributed by atoms with E-state index in [9.17, 15) is 14.4 Å². The normalized spacial score (nSPS) is 21.2. The number of thioether (sulfide) groups is 1. The van der Waals surface area contributed by atoms with Crippen molar-refractivity contribution in [2.24, 2.45) is 0 Å². The lowest BCUT2D eigenvalue weighted by Gasteiger charge is -2.25. The van der Waals surface area contributed by atoms with E-state index < -0.39 is 11.3 Å². The molecule has 1 saturated heterocycles. The number of amides is 4. The Morgan fingerprint density at radius 2 is 1.93 bits per heavy atom. The fourth-order valence-corrected chi connectivity index (χ4v) is 4.76. The molecule has 0 aliphatic carbocycles. The number of hydrogen-bond acceptors (Lipinski definition) is 5. The van der Waals surface area contributed by atoms with Crippen LogP contribution < -0.4 is 4.74 Å². The predicted molar refractivity (Wildman–Crippen MR) is 110 cm³/mol. The number of hydrogen-bond donors (Lipinski definition) is 0. The van der Waals surface area contributed by atoms with Crippen LogP contribution in [0.2, 0.25) is 0 Å². The summed E-state index contributed by atoms with van der Waals surface area (Å²) in [5.74, 6) is 0.443. The molecule has 0 spiro atoms.